The number of carbonyl (C=O) groups excluding carboxylic acids is 2. The minimum atomic E-state index is -1.39. The first kappa shape index (κ1) is 26.7. The Hall–Kier alpha value is -0.521. The SMILES string of the molecule is CCCC/C(C(=O)[O-])=C(\CCCC)C(=O)[O-].CCC[CH2][Sn+2][CH2]CCC. The maximum atomic E-state index is 10.9. The molecule has 0 aliphatic heterocycles. The molecule has 4 nitrogen and oxygen atoms in total. The molecule has 0 heterocycles. The van der Waals surface area contributed by atoms with E-state index in [1.165, 1.54) is 25.7 Å². The van der Waals surface area contributed by atoms with E-state index in [2.05, 4.69) is 13.8 Å². The molecule has 0 saturated heterocycles. The van der Waals surface area contributed by atoms with Gasteiger partial charge >= 0.3 is 69.5 Å². The third-order valence-corrected chi connectivity index (χ3v) is 7.87. The zero-order valence-corrected chi connectivity index (χ0v) is 19.5. The molecule has 0 amide bonds. The van der Waals surface area contributed by atoms with Crippen LogP contribution in [0.25, 0.3) is 0 Å². The van der Waals surface area contributed by atoms with Gasteiger partial charge in [0.25, 0.3) is 0 Å². The average molecular weight is 459 g/mol. The van der Waals surface area contributed by atoms with Gasteiger partial charge in [-0.2, -0.15) is 0 Å². The van der Waals surface area contributed by atoms with Crippen LogP contribution >= 0.6 is 0 Å². The number of carboxylic acids is 2. The molecule has 0 atom stereocenters. The molecule has 0 rings (SSSR count). The summed E-state index contributed by atoms with van der Waals surface area (Å²) in [6.45, 7) is 8.41. The first-order valence-corrected chi connectivity index (χ1v) is 13.8. The Morgan fingerprint density at radius 2 is 0.960 bits per heavy atom. The summed E-state index contributed by atoms with van der Waals surface area (Å²) in [5, 5.41) is 21.7. The number of carboxylic acid groups (broad SMARTS) is 2. The number of aliphatic carboxylic acids is 2. The summed E-state index contributed by atoms with van der Waals surface area (Å²) in [6.07, 6.45) is 9.23. The molecular weight excluding hydrogens is 423 g/mol. The summed E-state index contributed by atoms with van der Waals surface area (Å²) in [4.78, 5) is 21.7. The Labute approximate surface area is 164 Å². The van der Waals surface area contributed by atoms with Crippen molar-refractivity contribution in [2.45, 2.75) is 101 Å². The predicted octanol–water partition coefficient (Wildman–Crippen LogP) is 3.29. The van der Waals surface area contributed by atoms with Crippen molar-refractivity contribution >= 4 is 33.1 Å². The second kappa shape index (κ2) is 19.8. The molecule has 0 bridgehead atoms. The fourth-order valence-electron chi connectivity index (χ4n) is 2.19. The Morgan fingerprint density at radius 1 is 0.640 bits per heavy atom. The zero-order chi connectivity index (χ0) is 19.5. The molecule has 0 aromatic heterocycles. The van der Waals surface area contributed by atoms with Gasteiger partial charge in [-0.3, -0.25) is 0 Å². The van der Waals surface area contributed by atoms with E-state index in [1.807, 2.05) is 13.8 Å². The summed E-state index contributed by atoms with van der Waals surface area (Å²) in [7, 11) is 0. The van der Waals surface area contributed by atoms with Crippen molar-refractivity contribution in [3.05, 3.63) is 11.1 Å². The van der Waals surface area contributed by atoms with Crippen molar-refractivity contribution in [1.29, 1.82) is 0 Å². The van der Waals surface area contributed by atoms with Crippen molar-refractivity contribution in [1.82, 2.24) is 0 Å². The van der Waals surface area contributed by atoms with Crippen LogP contribution in [0, 0.1) is 0 Å². The molecule has 0 fully saturated rings. The Kier molecular flexibility index (Phi) is 21.1. The van der Waals surface area contributed by atoms with Gasteiger partial charge in [-0.25, -0.2) is 0 Å². The van der Waals surface area contributed by atoms with Gasteiger partial charge in [0, 0.05) is 0 Å². The Balaban J connectivity index is 0. The van der Waals surface area contributed by atoms with Gasteiger partial charge in [0.1, 0.15) is 0 Å². The van der Waals surface area contributed by atoms with Crippen LogP contribution in [0.4, 0.5) is 0 Å². The van der Waals surface area contributed by atoms with Crippen molar-refractivity contribution in [3.63, 3.8) is 0 Å². The summed E-state index contributed by atoms with van der Waals surface area (Å²) in [5.41, 5.74) is -0.203. The third kappa shape index (κ3) is 16.7. The van der Waals surface area contributed by atoms with Crippen LogP contribution in [0.1, 0.15) is 91.9 Å². The molecule has 0 unspecified atom stereocenters. The summed E-state index contributed by atoms with van der Waals surface area (Å²) in [5.74, 6) is -2.77. The standard InChI is InChI=1S/C12H20O4.2C4H9.Sn/c1-3-5-7-9(11(13)14)10(12(15)16)8-6-4-2;2*1-3-4-2;/h3-8H2,1-2H3,(H,13,14)(H,15,16);2*1,3-4H2,2H3;/q;;;+2/p-2/b10-9-;;;. The van der Waals surface area contributed by atoms with E-state index < -0.39 is 11.9 Å². The first-order chi connectivity index (χ1) is 12.0. The monoisotopic (exact) mass is 460 g/mol. The van der Waals surface area contributed by atoms with Crippen LogP contribution in [0.3, 0.4) is 0 Å². The molecule has 0 aliphatic carbocycles. The molecule has 0 saturated carbocycles. The van der Waals surface area contributed by atoms with Crippen LogP contribution in [0.15, 0.2) is 11.1 Å². The van der Waals surface area contributed by atoms with Crippen LogP contribution in [-0.2, 0) is 9.59 Å². The van der Waals surface area contributed by atoms with E-state index in [-0.39, 0.29) is 45.1 Å². The number of rotatable bonds is 14. The van der Waals surface area contributed by atoms with Crippen LogP contribution in [-0.4, -0.2) is 33.1 Å². The Morgan fingerprint density at radius 3 is 1.20 bits per heavy atom. The van der Waals surface area contributed by atoms with E-state index in [0.717, 1.165) is 12.8 Å². The zero-order valence-electron chi connectivity index (χ0n) is 16.6. The van der Waals surface area contributed by atoms with Crippen molar-refractivity contribution in [2.75, 3.05) is 0 Å². The van der Waals surface area contributed by atoms with E-state index in [0.29, 0.717) is 12.8 Å². The normalized spacial score (nSPS) is 11.0. The molecule has 0 aliphatic rings. The molecule has 144 valence electrons. The van der Waals surface area contributed by atoms with E-state index >= 15 is 0 Å². The summed E-state index contributed by atoms with van der Waals surface area (Å²) < 4.78 is 3.25. The molecule has 0 aromatic carbocycles. The van der Waals surface area contributed by atoms with Gasteiger partial charge in [-0.05, 0) is 36.8 Å². The van der Waals surface area contributed by atoms with Crippen molar-refractivity contribution < 1.29 is 19.8 Å². The second-order valence-corrected chi connectivity index (χ2v) is 10.5. The molecular formula is C20H36O4Sn. The molecule has 0 aromatic rings. The number of carbonyl (C=O) groups is 2. The number of hydrogen-bond donors (Lipinski definition) is 0. The second-order valence-electron chi connectivity index (χ2n) is 6.20. The number of unbranched alkanes of at least 4 members (excludes halogenated alkanes) is 4. The van der Waals surface area contributed by atoms with Gasteiger partial charge in [0.2, 0.25) is 0 Å². The minimum absolute atomic E-state index is 0.102. The summed E-state index contributed by atoms with van der Waals surface area (Å²) >= 11 is 0.149. The van der Waals surface area contributed by atoms with Crippen molar-refractivity contribution in [2.24, 2.45) is 0 Å². The predicted molar refractivity (Wildman–Crippen MR) is 101 cm³/mol. The average Bonchev–Trinajstić information content (AvgIpc) is 2.57. The fraction of sp³-hybridized carbons (Fsp3) is 0.800. The topological polar surface area (TPSA) is 80.3 Å². The van der Waals surface area contributed by atoms with Crippen molar-refractivity contribution in [3.8, 4) is 0 Å². The van der Waals surface area contributed by atoms with Gasteiger partial charge in [-0.1, -0.05) is 26.7 Å². The fourth-order valence-corrected chi connectivity index (χ4v) is 6.35. The van der Waals surface area contributed by atoms with E-state index in [9.17, 15) is 19.8 Å². The molecule has 0 spiro atoms. The van der Waals surface area contributed by atoms with Gasteiger partial charge in [0.05, 0.1) is 11.9 Å². The van der Waals surface area contributed by atoms with Crippen LogP contribution in [0.5, 0.6) is 0 Å². The van der Waals surface area contributed by atoms with E-state index in [4.69, 9.17) is 0 Å². The number of hydrogen-bond acceptors (Lipinski definition) is 4. The van der Waals surface area contributed by atoms with Crippen LogP contribution < -0.4 is 10.2 Å². The quantitative estimate of drug-likeness (QED) is 0.227. The summed E-state index contributed by atoms with van der Waals surface area (Å²) in [6, 6.07) is 0. The molecule has 5 heteroatoms. The Bertz CT molecular complexity index is 344. The van der Waals surface area contributed by atoms with Gasteiger partial charge < -0.3 is 19.8 Å². The van der Waals surface area contributed by atoms with Gasteiger partial charge in [-0.15, -0.1) is 0 Å². The third-order valence-electron chi connectivity index (χ3n) is 3.83. The van der Waals surface area contributed by atoms with E-state index in [1.54, 1.807) is 8.87 Å². The van der Waals surface area contributed by atoms with Crippen LogP contribution in [0.2, 0.25) is 8.87 Å². The molecule has 0 N–H and O–H groups in total. The van der Waals surface area contributed by atoms with Gasteiger partial charge in [0.15, 0.2) is 0 Å². The molecule has 25 heavy (non-hydrogen) atoms. The maximum absolute atomic E-state index is 10.9. The molecule has 0 radical (unpaired) electrons. The first-order valence-electron chi connectivity index (χ1n) is 9.81.